The summed E-state index contributed by atoms with van der Waals surface area (Å²) in [6, 6.07) is 6.81. The molecule has 1 aromatic carbocycles. The lowest BCUT2D eigenvalue weighted by molar-refractivity contribution is 0.0522. The predicted molar refractivity (Wildman–Crippen MR) is 82.2 cm³/mol. The van der Waals surface area contributed by atoms with Crippen LogP contribution in [-0.2, 0) is 16.0 Å². The summed E-state index contributed by atoms with van der Waals surface area (Å²) in [5.74, 6) is -0.383. The molecule has 0 aromatic heterocycles. The van der Waals surface area contributed by atoms with Crippen molar-refractivity contribution in [2.75, 3.05) is 7.11 Å². The van der Waals surface area contributed by atoms with E-state index < -0.39 is 11.7 Å². The number of amides is 1. The van der Waals surface area contributed by atoms with E-state index in [1.165, 1.54) is 7.11 Å². The van der Waals surface area contributed by atoms with Crippen molar-refractivity contribution < 1.29 is 19.1 Å². The standard InChI is InChI=1S/C14H19NO4.C2H6/c1-14(2,3)19-13(17)15-9-10-5-7-11(8-6-10)12(16)18-4;1-2/h5-8H,9H2,1-4H3,(H,15,17);1-2H3. The smallest absolute Gasteiger partial charge is 0.407 e. The van der Waals surface area contributed by atoms with Gasteiger partial charge in [0.15, 0.2) is 0 Å². The topological polar surface area (TPSA) is 64.6 Å². The minimum atomic E-state index is -0.515. The minimum Gasteiger partial charge on any atom is -0.465 e. The third kappa shape index (κ3) is 7.97. The number of carbonyl (C=O) groups excluding carboxylic acids is 2. The van der Waals surface area contributed by atoms with E-state index in [1.54, 1.807) is 45.0 Å². The molecule has 0 fully saturated rings. The molecule has 0 aliphatic heterocycles. The zero-order chi connectivity index (χ0) is 16.5. The maximum atomic E-state index is 11.4. The average Bonchev–Trinajstić information content (AvgIpc) is 2.45. The van der Waals surface area contributed by atoms with Gasteiger partial charge in [-0.25, -0.2) is 9.59 Å². The van der Waals surface area contributed by atoms with Crippen molar-refractivity contribution in [3.63, 3.8) is 0 Å². The van der Waals surface area contributed by atoms with Crippen LogP contribution in [0.1, 0.15) is 50.5 Å². The number of alkyl carbamates (subject to hydrolysis) is 1. The largest absolute Gasteiger partial charge is 0.465 e. The molecule has 0 aliphatic rings. The van der Waals surface area contributed by atoms with Crippen molar-refractivity contribution in [1.29, 1.82) is 0 Å². The highest BCUT2D eigenvalue weighted by molar-refractivity contribution is 5.89. The average molecular weight is 295 g/mol. The Labute approximate surface area is 126 Å². The molecule has 0 saturated heterocycles. The molecule has 1 amide bonds. The molecule has 0 spiro atoms. The lowest BCUT2D eigenvalue weighted by Crippen LogP contribution is -2.32. The third-order valence-corrected chi connectivity index (χ3v) is 2.21. The molecule has 5 heteroatoms. The van der Waals surface area contributed by atoms with E-state index in [9.17, 15) is 9.59 Å². The van der Waals surface area contributed by atoms with E-state index >= 15 is 0 Å². The van der Waals surface area contributed by atoms with E-state index in [1.807, 2.05) is 13.8 Å². The van der Waals surface area contributed by atoms with Crippen LogP contribution in [0.4, 0.5) is 4.79 Å². The number of nitrogens with one attached hydrogen (secondary N) is 1. The van der Waals surface area contributed by atoms with Crippen molar-refractivity contribution in [1.82, 2.24) is 5.32 Å². The Bertz CT molecular complexity index is 446. The first-order valence-electron chi connectivity index (χ1n) is 6.96. The van der Waals surface area contributed by atoms with Crippen molar-refractivity contribution in [3.8, 4) is 0 Å². The summed E-state index contributed by atoms with van der Waals surface area (Å²) < 4.78 is 9.72. The molecule has 0 saturated carbocycles. The van der Waals surface area contributed by atoms with Gasteiger partial charge in [-0.3, -0.25) is 0 Å². The highest BCUT2D eigenvalue weighted by Crippen LogP contribution is 2.08. The zero-order valence-electron chi connectivity index (χ0n) is 13.6. The van der Waals surface area contributed by atoms with Gasteiger partial charge in [0.25, 0.3) is 0 Å². The fraction of sp³-hybridized carbons (Fsp3) is 0.500. The van der Waals surface area contributed by atoms with Gasteiger partial charge in [-0.05, 0) is 38.5 Å². The maximum Gasteiger partial charge on any atom is 0.407 e. The van der Waals surface area contributed by atoms with Crippen LogP contribution in [0.3, 0.4) is 0 Å². The Morgan fingerprint density at radius 1 is 1.10 bits per heavy atom. The number of rotatable bonds is 3. The molecule has 0 bridgehead atoms. The molecule has 0 radical (unpaired) electrons. The summed E-state index contributed by atoms with van der Waals surface area (Å²) >= 11 is 0. The number of methoxy groups -OCH3 is 1. The van der Waals surface area contributed by atoms with Gasteiger partial charge in [0, 0.05) is 6.54 Å². The number of benzene rings is 1. The van der Waals surface area contributed by atoms with Crippen molar-refractivity contribution in [3.05, 3.63) is 35.4 Å². The van der Waals surface area contributed by atoms with Gasteiger partial charge in [-0.2, -0.15) is 0 Å². The van der Waals surface area contributed by atoms with Crippen molar-refractivity contribution in [2.24, 2.45) is 0 Å². The van der Waals surface area contributed by atoms with Gasteiger partial charge in [-0.15, -0.1) is 0 Å². The first-order valence-corrected chi connectivity index (χ1v) is 6.96. The fourth-order valence-corrected chi connectivity index (χ4v) is 1.36. The van der Waals surface area contributed by atoms with Crippen LogP contribution in [0.2, 0.25) is 0 Å². The SMILES string of the molecule is CC.COC(=O)c1ccc(CNC(=O)OC(C)(C)C)cc1. The van der Waals surface area contributed by atoms with Crippen LogP contribution in [0.15, 0.2) is 24.3 Å². The normalized spacial score (nSPS) is 10.0. The van der Waals surface area contributed by atoms with E-state index in [0.29, 0.717) is 12.1 Å². The summed E-state index contributed by atoms with van der Waals surface area (Å²) in [6.07, 6.45) is -0.468. The monoisotopic (exact) mass is 295 g/mol. The second-order valence-electron chi connectivity index (χ2n) is 5.04. The number of hydrogen-bond acceptors (Lipinski definition) is 4. The number of carbonyl (C=O) groups is 2. The quantitative estimate of drug-likeness (QED) is 0.866. The van der Waals surface area contributed by atoms with Crippen LogP contribution >= 0.6 is 0 Å². The minimum absolute atomic E-state index is 0.344. The number of ether oxygens (including phenoxy) is 2. The highest BCUT2D eigenvalue weighted by atomic mass is 16.6. The summed E-state index contributed by atoms with van der Waals surface area (Å²) in [7, 11) is 1.33. The van der Waals surface area contributed by atoms with Gasteiger partial charge in [0.05, 0.1) is 12.7 Å². The molecular formula is C16H25NO4. The molecule has 0 unspecified atom stereocenters. The van der Waals surface area contributed by atoms with Gasteiger partial charge in [0.1, 0.15) is 5.60 Å². The molecule has 1 rings (SSSR count). The van der Waals surface area contributed by atoms with Crippen molar-refractivity contribution >= 4 is 12.1 Å². The Hall–Kier alpha value is -2.04. The molecule has 1 N–H and O–H groups in total. The Balaban J connectivity index is 0.00000191. The van der Waals surface area contributed by atoms with E-state index in [2.05, 4.69) is 10.1 Å². The maximum absolute atomic E-state index is 11.4. The molecule has 1 aromatic rings. The summed E-state index contributed by atoms with van der Waals surface area (Å²) in [5, 5.41) is 2.64. The lowest BCUT2D eigenvalue weighted by atomic mass is 10.1. The van der Waals surface area contributed by atoms with E-state index in [-0.39, 0.29) is 5.97 Å². The third-order valence-electron chi connectivity index (χ3n) is 2.21. The van der Waals surface area contributed by atoms with Crippen molar-refractivity contribution in [2.45, 2.75) is 46.8 Å². The summed E-state index contributed by atoms with van der Waals surface area (Å²) in [5.41, 5.74) is 0.834. The number of esters is 1. The molecule has 0 heterocycles. The van der Waals surface area contributed by atoms with E-state index in [4.69, 9.17) is 4.74 Å². The molecule has 118 valence electrons. The second kappa shape index (κ2) is 9.00. The predicted octanol–water partition coefficient (Wildman–Crippen LogP) is 3.52. The van der Waals surface area contributed by atoms with Gasteiger partial charge in [0.2, 0.25) is 0 Å². The van der Waals surface area contributed by atoms with Gasteiger partial charge < -0.3 is 14.8 Å². The van der Waals surface area contributed by atoms with Gasteiger partial charge in [-0.1, -0.05) is 26.0 Å². The second-order valence-corrected chi connectivity index (χ2v) is 5.04. The Morgan fingerprint density at radius 2 is 1.62 bits per heavy atom. The van der Waals surface area contributed by atoms with E-state index in [0.717, 1.165) is 5.56 Å². The van der Waals surface area contributed by atoms with Crippen LogP contribution < -0.4 is 5.32 Å². The fourth-order valence-electron chi connectivity index (χ4n) is 1.36. The molecule has 0 aliphatic carbocycles. The first-order chi connectivity index (χ1) is 9.81. The molecule has 0 atom stereocenters. The first kappa shape index (κ1) is 19.0. The van der Waals surface area contributed by atoms with Crippen LogP contribution in [0.5, 0.6) is 0 Å². The van der Waals surface area contributed by atoms with Gasteiger partial charge >= 0.3 is 12.1 Å². The van der Waals surface area contributed by atoms with Crippen LogP contribution in [-0.4, -0.2) is 24.8 Å². The molecular weight excluding hydrogens is 270 g/mol. The summed E-state index contributed by atoms with van der Waals surface area (Å²) in [4.78, 5) is 22.7. The lowest BCUT2D eigenvalue weighted by Gasteiger charge is -2.19. The Kier molecular flexibility index (Phi) is 8.12. The summed E-state index contributed by atoms with van der Waals surface area (Å²) in [6.45, 7) is 9.75. The van der Waals surface area contributed by atoms with Crippen LogP contribution in [0.25, 0.3) is 0 Å². The molecule has 21 heavy (non-hydrogen) atoms. The number of hydrogen-bond donors (Lipinski definition) is 1. The zero-order valence-corrected chi connectivity index (χ0v) is 13.6. The molecule has 5 nitrogen and oxygen atoms in total. The Morgan fingerprint density at radius 3 is 2.05 bits per heavy atom. The van der Waals surface area contributed by atoms with Crippen LogP contribution in [0, 0.1) is 0 Å². The highest BCUT2D eigenvalue weighted by Gasteiger charge is 2.15.